The standard InChI is InChI=1S/C14H20N4OS/c15-9-12-11-1-2-18(10-13(11)20-14(12)16)4-3-17-5-7-19-8-6-17/h1-8,10,16H2. The van der Waals surface area contributed by atoms with E-state index < -0.39 is 0 Å². The minimum Gasteiger partial charge on any atom is -0.389 e. The predicted molar refractivity (Wildman–Crippen MR) is 79.7 cm³/mol. The van der Waals surface area contributed by atoms with Crippen LogP contribution in [0.3, 0.4) is 0 Å². The molecule has 0 spiro atoms. The molecule has 3 heterocycles. The van der Waals surface area contributed by atoms with E-state index in [4.69, 9.17) is 15.7 Å². The zero-order chi connectivity index (χ0) is 13.9. The number of thiophene rings is 1. The summed E-state index contributed by atoms with van der Waals surface area (Å²) in [5.74, 6) is 0. The SMILES string of the molecule is N#Cc1c(N)sc2c1CCN(CCN1CCOCC1)C2. The lowest BCUT2D eigenvalue weighted by Gasteiger charge is -2.31. The number of morpholine rings is 1. The van der Waals surface area contributed by atoms with Crippen LogP contribution in [0.4, 0.5) is 5.00 Å². The summed E-state index contributed by atoms with van der Waals surface area (Å²) in [5, 5.41) is 9.83. The second-order valence-electron chi connectivity index (χ2n) is 5.34. The highest BCUT2D eigenvalue weighted by Crippen LogP contribution is 2.34. The van der Waals surface area contributed by atoms with Gasteiger partial charge in [0, 0.05) is 44.1 Å². The molecule has 1 aromatic rings. The fraction of sp³-hybridized carbons (Fsp3) is 0.643. The van der Waals surface area contributed by atoms with Crippen LogP contribution in [-0.4, -0.2) is 55.7 Å². The average Bonchev–Trinajstić information content (AvgIpc) is 2.80. The summed E-state index contributed by atoms with van der Waals surface area (Å²) in [4.78, 5) is 6.21. The minimum absolute atomic E-state index is 0.688. The van der Waals surface area contributed by atoms with E-state index in [0.29, 0.717) is 5.00 Å². The third kappa shape index (κ3) is 2.81. The molecule has 0 unspecified atom stereocenters. The van der Waals surface area contributed by atoms with Crippen molar-refractivity contribution < 1.29 is 4.74 Å². The number of nitriles is 1. The molecule has 0 aromatic carbocycles. The van der Waals surface area contributed by atoms with Crippen LogP contribution in [-0.2, 0) is 17.7 Å². The molecule has 6 heteroatoms. The van der Waals surface area contributed by atoms with E-state index in [2.05, 4.69) is 15.9 Å². The molecule has 0 atom stereocenters. The molecular formula is C14H20N4OS. The number of anilines is 1. The molecule has 3 rings (SSSR count). The van der Waals surface area contributed by atoms with Crippen molar-refractivity contribution in [3.63, 3.8) is 0 Å². The van der Waals surface area contributed by atoms with Gasteiger partial charge in [-0.2, -0.15) is 5.26 Å². The van der Waals surface area contributed by atoms with Crippen LogP contribution in [0.5, 0.6) is 0 Å². The second kappa shape index (κ2) is 6.10. The molecule has 0 amide bonds. The van der Waals surface area contributed by atoms with Crippen molar-refractivity contribution in [1.82, 2.24) is 9.80 Å². The van der Waals surface area contributed by atoms with Crippen LogP contribution in [0.1, 0.15) is 16.0 Å². The summed E-state index contributed by atoms with van der Waals surface area (Å²) < 4.78 is 5.37. The Balaban J connectivity index is 1.57. The van der Waals surface area contributed by atoms with Crippen molar-refractivity contribution in [2.45, 2.75) is 13.0 Å². The quantitative estimate of drug-likeness (QED) is 0.896. The summed E-state index contributed by atoms with van der Waals surface area (Å²) in [6.45, 7) is 7.96. The number of nitrogens with zero attached hydrogens (tertiary/aromatic N) is 3. The van der Waals surface area contributed by atoms with Crippen LogP contribution in [0, 0.1) is 11.3 Å². The van der Waals surface area contributed by atoms with Crippen LogP contribution >= 0.6 is 11.3 Å². The van der Waals surface area contributed by atoms with Crippen molar-refractivity contribution in [2.75, 3.05) is 51.7 Å². The van der Waals surface area contributed by atoms with Crippen LogP contribution in [0.15, 0.2) is 0 Å². The Morgan fingerprint density at radius 1 is 1.20 bits per heavy atom. The Morgan fingerprint density at radius 2 is 1.95 bits per heavy atom. The lowest BCUT2D eigenvalue weighted by Crippen LogP contribution is -2.42. The fourth-order valence-corrected chi connectivity index (χ4v) is 4.01. The Labute approximate surface area is 123 Å². The molecule has 5 nitrogen and oxygen atoms in total. The molecule has 0 bridgehead atoms. The molecule has 0 aliphatic carbocycles. The van der Waals surface area contributed by atoms with Crippen LogP contribution in [0.25, 0.3) is 0 Å². The number of hydrogen-bond acceptors (Lipinski definition) is 6. The number of ether oxygens (including phenoxy) is 1. The molecule has 2 N–H and O–H groups in total. The minimum atomic E-state index is 0.688. The first-order valence-electron chi connectivity index (χ1n) is 7.10. The molecule has 0 saturated carbocycles. The molecule has 1 aromatic heterocycles. The van der Waals surface area contributed by atoms with Gasteiger partial charge in [-0.15, -0.1) is 11.3 Å². The van der Waals surface area contributed by atoms with Gasteiger partial charge < -0.3 is 10.5 Å². The van der Waals surface area contributed by atoms with Gasteiger partial charge in [0.1, 0.15) is 11.1 Å². The first-order chi connectivity index (χ1) is 9.78. The molecule has 108 valence electrons. The third-order valence-corrected chi connectivity index (χ3v) is 5.16. The lowest BCUT2D eigenvalue weighted by molar-refractivity contribution is 0.0327. The molecule has 20 heavy (non-hydrogen) atoms. The number of rotatable bonds is 3. The van der Waals surface area contributed by atoms with Crippen LogP contribution in [0.2, 0.25) is 0 Å². The van der Waals surface area contributed by atoms with Gasteiger partial charge in [0.05, 0.1) is 18.8 Å². The second-order valence-corrected chi connectivity index (χ2v) is 6.47. The first kappa shape index (κ1) is 13.8. The van der Waals surface area contributed by atoms with E-state index in [1.165, 1.54) is 10.4 Å². The third-order valence-electron chi connectivity index (χ3n) is 4.11. The van der Waals surface area contributed by atoms with Crippen molar-refractivity contribution in [3.05, 3.63) is 16.0 Å². The summed E-state index contributed by atoms with van der Waals surface area (Å²) in [6, 6.07) is 2.25. The van der Waals surface area contributed by atoms with E-state index in [1.54, 1.807) is 11.3 Å². The maximum Gasteiger partial charge on any atom is 0.104 e. The highest BCUT2D eigenvalue weighted by Gasteiger charge is 2.23. The van der Waals surface area contributed by atoms with Crippen LogP contribution < -0.4 is 5.73 Å². The Bertz CT molecular complexity index is 516. The summed E-state index contributed by atoms with van der Waals surface area (Å²) in [5.41, 5.74) is 7.84. The van der Waals surface area contributed by atoms with E-state index in [-0.39, 0.29) is 0 Å². The zero-order valence-electron chi connectivity index (χ0n) is 11.6. The number of nitrogens with two attached hydrogens (primary N) is 1. The maximum absolute atomic E-state index is 9.15. The molecule has 2 aliphatic heterocycles. The highest BCUT2D eigenvalue weighted by atomic mass is 32.1. The van der Waals surface area contributed by atoms with Gasteiger partial charge in [0.2, 0.25) is 0 Å². The highest BCUT2D eigenvalue weighted by molar-refractivity contribution is 7.16. The number of fused-ring (bicyclic) bond motifs is 1. The van der Waals surface area contributed by atoms with Gasteiger partial charge in [-0.3, -0.25) is 9.80 Å². The normalized spacial score (nSPS) is 20.6. The number of nitrogen functional groups attached to an aromatic ring is 1. The monoisotopic (exact) mass is 292 g/mol. The van der Waals surface area contributed by atoms with E-state index >= 15 is 0 Å². The number of hydrogen-bond donors (Lipinski definition) is 1. The van der Waals surface area contributed by atoms with E-state index in [9.17, 15) is 0 Å². The summed E-state index contributed by atoms with van der Waals surface area (Å²) in [7, 11) is 0. The Kier molecular flexibility index (Phi) is 4.22. The molecule has 1 saturated heterocycles. The maximum atomic E-state index is 9.15. The zero-order valence-corrected chi connectivity index (χ0v) is 12.4. The van der Waals surface area contributed by atoms with Gasteiger partial charge in [-0.25, -0.2) is 0 Å². The van der Waals surface area contributed by atoms with Gasteiger partial charge >= 0.3 is 0 Å². The summed E-state index contributed by atoms with van der Waals surface area (Å²) in [6.07, 6.45) is 0.953. The topological polar surface area (TPSA) is 65.5 Å². The molecule has 0 radical (unpaired) electrons. The van der Waals surface area contributed by atoms with E-state index in [0.717, 1.165) is 64.5 Å². The van der Waals surface area contributed by atoms with E-state index in [1.807, 2.05) is 0 Å². The Hall–Kier alpha value is -1.13. The summed E-state index contributed by atoms with van der Waals surface area (Å²) >= 11 is 1.59. The fourth-order valence-electron chi connectivity index (χ4n) is 2.90. The molecule has 2 aliphatic rings. The van der Waals surface area contributed by atoms with Gasteiger partial charge in [0.25, 0.3) is 0 Å². The lowest BCUT2D eigenvalue weighted by atomic mass is 10.0. The van der Waals surface area contributed by atoms with Crippen molar-refractivity contribution in [1.29, 1.82) is 5.26 Å². The molecular weight excluding hydrogens is 272 g/mol. The van der Waals surface area contributed by atoms with Gasteiger partial charge in [-0.05, 0) is 12.0 Å². The van der Waals surface area contributed by atoms with Crippen molar-refractivity contribution in [2.24, 2.45) is 0 Å². The average molecular weight is 292 g/mol. The van der Waals surface area contributed by atoms with Gasteiger partial charge in [0.15, 0.2) is 0 Å². The molecule has 1 fully saturated rings. The van der Waals surface area contributed by atoms with Gasteiger partial charge in [-0.1, -0.05) is 0 Å². The van der Waals surface area contributed by atoms with Crippen molar-refractivity contribution >= 4 is 16.3 Å². The first-order valence-corrected chi connectivity index (χ1v) is 7.92. The van der Waals surface area contributed by atoms with Crippen molar-refractivity contribution in [3.8, 4) is 6.07 Å². The Morgan fingerprint density at radius 3 is 2.70 bits per heavy atom. The smallest absolute Gasteiger partial charge is 0.104 e. The predicted octanol–water partition coefficient (Wildman–Crippen LogP) is 0.892. The largest absolute Gasteiger partial charge is 0.389 e.